The summed E-state index contributed by atoms with van der Waals surface area (Å²) < 4.78 is 5.74. The van der Waals surface area contributed by atoms with Gasteiger partial charge in [0.15, 0.2) is 0 Å². The first-order valence-corrected chi connectivity index (χ1v) is 8.13. The maximum atomic E-state index is 5.74. The molecule has 0 aromatic heterocycles. The maximum Gasteiger partial charge on any atom is 0.119 e. The Morgan fingerprint density at radius 3 is 2.60 bits per heavy atom. The third kappa shape index (κ3) is 6.42. The molecule has 0 aliphatic carbocycles. The average molecular weight is 277 g/mol. The van der Waals surface area contributed by atoms with Gasteiger partial charge in [-0.1, -0.05) is 52.7 Å². The summed E-state index contributed by atoms with van der Waals surface area (Å²) in [5, 5.41) is 3.60. The molecule has 1 unspecified atom stereocenters. The zero-order valence-electron chi connectivity index (χ0n) is 13.6. The molecule has 0 spiro atoms. The Bertz CT molecular complexity index is 362. The van der Waals surface area contributed by atoms with E-state index in [0.717, 1.165) is 31.2 Å². The van der Waals surface area contributed by atoms with Crippen LogP contribution < -0.4 is 10.1 Å². The van der Waals surface area contributed by atoms with Gasteiger partial charge in [-0.25, -0.2) is 0 Å². The van der Waals surface area contributed by atoms with E-state index in [0.29, 0.717) is 6.04 Å². The second-order valence-corrected chi connectivity index (χ2v) is 5.86. The standard InChI is InChI=1S/C18H31NO/c1-5-13-20-17-11-8-10-16(14-17)18(19-6-2)12-7-9-15(3)4/h8,10-11,14-15,18-19H,5-7,9,12-13H2,1-4H3. The molecule has 1 aromatic rings. The van der Waals surface area contributed by atoms with Crippen LogP contribution in [0.2, 0.25) is 0 Å². The van der Waals surface area contributed by atoms with Gasteiger partial charge in [-0.15, -0.1) is 0 Å². The van der Waals surface area contributed by atoms with Gasteiger partial charge in [-0.2, -0.15) is 0 Å². The molecule has 1 aromatic carbocycles. The van der Waals surface area contributed by atoms with Gasteiger partial charge in [-0.3, -0.25) is 0 Å². The third-order valence-electron chi connectivity index (χ3n) is 3.46. The number of nitrogens with one attached hydrogen (secondary N) is 1. The zero-order chi connectivity index (χ0) is 14.8. The Labute approximate surface area is 124 Å². The van der Waals surface area contributed by atoms with E-state index in [9.17, 15) is 0 Å². The van der Waals surface area contributed by atoms with Gasteiger partial charge in [-0.05, 0) is 43.0 Å². The largest absolute Gasteiger partial charge is 0.494 e. The highest BCUT2D eigenvalue weighted by Gasteiger charge is 2.11. The van der Waals surface area contributed by atoms with Crippen LogP contribution in [0.15, 0.2) is 24.3 Å². The average Bonchev–Trinajstić information content (AvgIpc) is 2.44. The van der Waals surface area contributed by atoms with Gasteiger partial charge >= 0.3 is 0 Å². The SMILES string of the molecule is CCCOc1cccc(C(CCCC(C)C)NCC)c1. The van der Waals surface area contributed by atoms with E-state index in [1.807, 2.05) is 0 Å². The third-order valence-corrected chi connectivity index (χ3v) is 3.46. The fourth-order valence-corrected chi connectivity index (χ4v) is 2.40. The van der Waals surface area contributed by atoms with E-state index in [-0.39, 0.29) is 0 Å². The summed E-state index contributed by atoms with van der Waals surface area (Å²) in [4.78, 5) is 0. The van der Waals surface area contributed by atoms with Crippen molar-refractivity contribution >= 4 is 0 Å². The lowest BCUT2D eigenvalue weighted by Crippen LogP contribution is -2.21. The lowest BCUT2D eigenvalue weighted by Gasteiger charge is -2.19. The van der Waals surface area contributed by atoms with Crippen LogP contribution in [0.1, 0.15) is 65.0 Å². The number of ether oxygens (including phenoxy) is 1. The van der Waals surface area contributed by atoms with E-state index in [1.54, 1.807) is 0 Å². The number of hydrogen-bond donors (Lipinski definition) is 1. The van der Waals surface area contributed by atoms with Gasteiger partial charge in [0.2, 0.25) is 0 Å². The number of hydrogen-bond acceptors (Lipinski definition) is 2. The molecule has 0 saturated heterocycles. The van der Waals surface area contributed by atoms with Crippen molar-refractivity contribution < 1.29 is 4.74 Å². The van der Waals surface area contributed by atoms with Gasteiger partial charge in [0, 0.05) is 6.04 Å². The molecule has 0 heterocycles. The predicted octanol–water partition coefficient (Wildman–Crippen LogP) is 4.95. The van der Waals surface area contributed by atoms with Gasteiger partial charge in [0.25, 0.3) is 0 Å². The van der Waals surface area contributed by atoms with Crippen molar-refractivity contribution in [3.8, 4) is 5.75 Å². The second kappa shape index (κ2) is 9.82. The molecule has 1 N–H and O–H groups in total. The normalized spacial score (nSPS) is 12.7. The molecule has 0 amide bonds. The van der Waals surface area contributed by atoms with Crippen LogP contribution in [0.5, 0.6) is 5.75 Å². The highest BCUT2D eigenvalue weighted by Crippen LogP contribution is 2.24. The van der Waals surface area contributed by atoms with Crippen molar-refractivity contribution in [1.82, 2.24) is 5.32 Å². The summed E-state index contributed by atoms with van der Waals surface area (Å²) in [7, 11) is 0. The van der Waals surface area contributed by atoms with Crippen molar-refractivity contribution in [3.63, 3.8) is 0 Å². The minimum atomic E-state index is 0.448. The molecule has 0 fully saturated rings. The molecule has 1 rings (SSSR count). The second-order valence-electron chi connectivity index (χ2n) is 5.86. The minimum Gasteiger partial charge on any atom is -0.494 e. The highest BCUT2D eigenvalue weighted by molar-refractivity contribution is 5.30. The maximum absolute atomic E-state index is 5.74. The topological polar surface area (TPSA) is 21.3 Å². The molecule has 0 aliphatic rings. The molecule has 0 radical (unpaired) electrons. The first-order chi connectivity index (χ1) is 9.67. The summed E-state index contributed by atoms with van der Waals surface area (Å²) >= 11 is 0. The molecule has 114 valence electrons. The van der Waals surface area contributed by atoms with Gasteiger partial charge in [0.1, 0.15) is 5.75 Å². The monoisotopic (exact) mass is 277 g/mol. The molecule has 0 bridgehead atoms. The van der Waals surface area contributed by atoms with Crippen LogP contribution >= 0.6 is 0 Å². The van der Waals surface area contributed by atoms with Crippen LogP contribution in [0.4, 0.5) is 0 Å². The summed E-state index contributed by atoms with van der Waals surface area (Å²) in [6.45, 7) is 10.7. The smallest absolute Gasteiger partial charge is 0.119 e. The quantitative estimate of drug-likeness (QED) is 0.653. The van der Waals surface area contributed by atoms with Crippen molar-refractivity contribution in [2.75, 3.05) is 13.2 Å². The molecule has 2 nitrogen and oxygen atoms in total. The lowest BCUT2D eigenvalue weighted by atomic mass is 9.98. The summed E-state index contributed by atoms with van der Waals surface area (Å²) in [5.41, 5.74) is 1.35. The van der Waals surface area contributed by atoms with Gasteiger partial charge in [0.05, 0.1) is 6.61 Å². The first kappa shape index (κ1) is 17.0. The number of rotatable bonds is 10. The molecule has 20 heavy (non-hydrogen) atoms. The summed E-state index contributed by atoms with van der Waals surface area (Å²) in [6.07, 6.45) is 4.82. The first-order valence-electron chi connectivity index (χ1n) is 8.13. The molecular formula is C18H31NO. The van der Waals surface area contributed by atoms with Crippen LogP contribution in [-0.2, 0) is 0 Å². The Morgan fingerprint density at radius 1 is 1.15 bits per heavy atom. The van der Waals surface area contributed by atoms with Crippen molar-refractivity contribution in [2.24, 2.45) is 5.92 Å². The van der Waals surface area contributed by atoms with Crippen molar-refractivity contribution in [2.45, 2.75) is 59.4 Å². The van der Waals surface area contributed by atoms with Crippen LogP contribution in [0.3, 0.4) is 0 Å². The minimum absolute atomic E-state index is 0.448. The molecule has 0 saturated carbocycles. The van der Waals surface area contributed by atoms with E-state index in [2.05, 4.69) is 57.3 Å². The Morgan fingerprint density at radius 2 is 1.95 bits per heavy atom. The number of benzene rings is 1. The molecular weight excluding hydrogens is 246 g/mol. The highest BCUT2D eigenvalue weighted by atomic mass is 16.5. The van der Waals surface area contributed by atoms with E-state index >= 15 is 0 Å². The van der Waals surface area contributed by atoms with E-state index in [4.69, 9.17) is 4.74 Å². The summed E-state index contributed by atoms with van der Waals surface area (Å²) in [5.74, 6) is 1.78. The fourth-order valence-electron chi connectivity index (χ4n) is 2.40. The molecule has 2 heteroatoms. The Balaban J connectivity index is 2.64. The molecule has 1 atom stereocenters. The fraction of sp³-hybridized carbons (Fsp3) is 0.667. The van der Waals surface area contributed by atoms with Crippen LogP contribution in [-0.4, -0.2) is 13.2 Å². The van der Waals surface area contributed by atoms with Crippen LogP contribution in [0.25, 0.3) is 0 Å². The molecule has 0 aliphatic heterocycles. The zero-order valence-corrected chi connectivity index (χ0v) is 13.6. The lowest BCUT2D eigenvalue weighted by molar-refractivity contribution is 0.316. The van der Waals surface area contributed by atoms with E-state index < -0.39 is 0 Å². The van der Waals surface area contributed by atoms with Crippen molar-refractivity contribution in [1.29, 1.82) is 0 Å². The van der Waals surface area contributed by atoms with Crippen molar-refractivity contribution in [3.05, 3.63) is 29.8 Å². The van der Waals surface area contributed by atoms with E-state index in [1.165, 1.54) is 24.8 Å². The predicted molar refractivity (Wildman–Crippen MR) is 87.3 cm³/mol. The summed E-state index contributed by atoms with van der Waals surface area (Å²) in [6, 6.07) is 9.01. The Hall–Kier alpha value is -1.02. The van der Waals surface area contributed by atoms with Gasteiger partial charge < -0.3 is 10.1 Å². The van der Waals surface area contributed by atoms with Crippen LogP contribution in [0, 0.1) is 5.92 Å². The Kier molecular flexibility index (Phi) is 8.36.